The zero-order valence-corrected chi connectivity index (χ0v) is 12.9. The maximum atomic E-state index is 12.1. The van der Waals surface area contributed by atoms with E-state index in [0.717, 1.165) is 24.9 Å². The first-order valence-corrected chi connectivity index (χ1v) is 7.95. The van der Waals surface area contributed by atoms with Gasteiger partial charge in [0.2, 0.25) is 11.8 Å². The Balaban J connectivity index is 1.54. The molecule has 120 valence electrons. The second-order valence-electron chi connectivity index (χ2n) is 5.90. The molecule has 5 nitrogen and oxygen atoms in total. The number of nitrogens with zero attached hydrogens (tertiary/aromatic N) is 1. The van der Waals surface area contributed by atoms with Crippen LogP contribution < -0.4 is 15.8 Å². The van der Waals surface area contributed by atoms with Gasteiger partial charge >= 0.3 is 0 Å². The maximum absolute atomic E-state index is 12.1. The topological polar surface area (TPSA) is 77.2 Å². The van der Waals surface area contributed by atoms with Crippen molar-refractivity contribution < 1.29 is 9.53 Å². The van der Waals surface area contributed by atoms with E-state index in [1.807, 2.05) is 36.4 Å². The number of benzene rings is 1. The number of anilines is 1. The van der Waals surface area contributed by atoms with Crippen LogP contribution in [-0.4, -0.2) is 16.9 Å². The van der Waals surface area contributed by atoms with Crippen LogP contribution in [0.1, 0.15) is 25.7 Å². The summed E-state index contributed by atoms with van der Waals surface area (Å²) >= 11 is 0. The second kappa shape index (κ2) is 7.24. The van der Waals surface area contributed by atoms with E-state index in [-0.39, 0.29) is 11.9 Å². The summed E-state index contributed by atoms with van der Waals surface area (Å²) in [5.41, 5.74) is 6.77. The second-order valence-corrected chi connectivity index (χ2v) is 5.90. The third-order valence-corrected chi connectivity index (χ3v) is 4.16. The van der Waals surface area contributed by atoms with Gasteiger partial charge in [-0.2, -0.15) is 0 Å². The fraction of sp³-hybridized carbons (Fsp3) is 0.333. The highest BCUT2D eigenvalue weighted by molar-refractivity contribution is 5.90. The number of ether oxygens (including phenoxy) is 1. The molecule has 0 unspecified atom stereocenters. The number of rotatable bonds is 5. The van der Waals surface area contributed by atoms with Crippen LogP contribution in [0.15, 0.2) is 48.7 Å². The van der Waals surface area contributed by atoms with Gasteiger partial charge < -0.3 is 15.8 Å². The van der Waals surface area contributed by atoms with Crippen LogP contribution in [0.5, 0.6) is 11.6 Å². The Morgan fingerprint density at radius 1 is 1.22 bits per heavy atom. The molecule has 0 radical (unpaired) electrons. The first kappa shape index (κ1) is 15.5. The van der Waals surface area contributed by atoms with E-state index in [4.69, 9.17) is 10.5 Å². The van der Waals surface area contributed by atoms with Gasteiger partial charge in [0, 0.05) is 30.4 Å². The van der Waals surface area contributed by atoms with Gasteiger partial charge in [0.25, 0.3) is 0 Å². The van der Waals surface area contributed by atoms with E-state index in [2.05, 4.69) is 10.3 Å². The summed E-state index contributed by atoms with van der Waals surface area (Å²) in [6.45, 7) is 0. The van der Waals surface area contributed by atoms with E-state index < -0.39 is 0 Å². The quantitative estimate of drug-likeness (QED) is 0.888. The number of nitrogens with two attached hydrogens (primary N) is 1. The van der Waals surface area contributed by atoms with Crippen LogP contribution in [-0.2, 0) is 4.79 Å². The van der Waals surface area contributed by atoms with Gasteiger partial charge in [0.1, 0.15) is 5.75 Å². The van der Waals surface area contributed by atoms with Gasteiger partial charge in [0.15, 0.2) is 0 Å². The van der Waals surface area contributed by atoms with Crippen molar-refractivity contribution >= 4 is 11.6 Å². The molecule has 0 saturated heterocycles. The Kier molecular flexibility index (Phi) is 4.88. The molecule has 0 spiro atoms. The lowest BCUT2D eigenvalue weighted by molar-refractivity contribution is -0.117. The average Bonchev–Trinajstić information content (AvgIpc) is 2.95. The Morgan fingerprint density at radius 3 is 2.70 bits per heavy atom. The molecule has 3 N–H and O–H groups in total. The van der Waals surface area contributed by atoms with Crippen molar-refractivity contribution in [1.29, 1.82) is 0 Å². The van der Waals surface area contributed by atoms with E-state index in [1.165, 1.54) is 0 Å². The highest BCUT2D eigenvalue weighted by Crippen LogP contribution is 2.27. The molecule has 3 rings (SSSR count). The number of carbonyl (C=O) groups excluding carboxylic acids is 1. The summed E-state index contributed by atoms with van der Waals surface area (Å²) in [5.74, 6) is 1.55. The van der Waals surface area contributed by atoms with E-state index >= 15 is 0 Å². The van der Waals surface area contributed by atoms with Gasteiger partial charge in [-0.1, -0.05) is 12.5 Å². The predicted octanol–water partition coefficient (Wildman–Crippen LogP) is 3.33. The van der Waals surface area contributed by atoms with Crippen molar-refractivity contribution in [3.8, 4) is 11.6 Å². The van der Waals surface area contributed by atoms with Gasteiger partial charge in [-0.25, -0.2) is 4.98 Å². The number of pyridine rings is 1. The first-order valence-electron chi connectivity index (χ1n) is 7.95. The molecule has 2 aromatic rings. The highest BCUT2D eigenvalue weighted by Gasteiger charge is 2.25. The number of hydrogen-bond acceptors (Lipinski definition) is 4. The Labute approximate surface area is 135 Å². The SMILES string of the molecule is N[C@@H]1CCC[C@H]1CC(=O)Nc1ccc(Oc2ccccn2)cc1. The van der Waals surface area contributed by atoms with Crippen molar-refractivity contribution in [3.63, 3.8) is 0 Å². The first-order chi connectivity index (χ1) is 11.2. The van der Waals surface area contributed by atoms with Crippen LogP contribution in [0.3, 0.4) is 0 Å². The maximum Gasteiger partial charge on any atom is 0.224 e. The average molecular weight is 311 g/mol. The highest BCUT2D eigenvalue weighted by atomic mass is 16.5. The predicted molar refractivity (Wildman–Crippen MR) is 89.3 cm³/mol. The molecule has 1 fully saturated rings. The fourth-order valence-corrected chi connectivity index (χ4v) is 2.90. The monoisotopic (exact) mass is 311 g/mol. The van der Waals surface area contributed by atoms with Crippen LogP contribution in [0.4, 0.5) is 5.69 Å². The lowest BCUT2D eigenvalue weighted by Gasteiger charge is -2.14. The molecule has 1 heterocycles. The minimum atomic E-state index is 0.0192. The summed E-state index contributed by atoms with van der Waals surface area (Å²) in [6, 6.07) is 12.9. The molecular weight excluding hydrogens is 290 g/mol. The summed E-state index contributed by atoms with van der Waals surface area (Å²) in [4.78, 5) is 16.2. The smallest absolute Gasteiger partial charge is 0.224 e. The summed E-state index contributed by atoms with van der Waals surface area (Å²) in [7, 11) is 0. The van der Waals surface area contributed by atoms with Gasteiger partial charge in [-0.15, -0.1) is 0 Å². The zero-order chi connectivity index (χ0) is 16.1. The molecule has 2 atom stereocenters. The van der Waals surface area contributed by atoms with Crippen LogP contribution in [0.2, 0.25) is 0 Å². The van der Waals surface area contributed by atoms with Gasteiger partial charge in [-0.3, -0.25) is 4.79 Å². The third kappa shape index (κ3) is 4.29. The van der Waals surface area contributed by atoms with Crippen molar-refractivity contribution in [2.75, 3.05) is 5.32 Å². The summed E-state index contributed by atoms with van der Waals surface area (Å²) in [6.07, 6.45) is 5.37. The molecule has 1 saturated carbocycles. The number of amides is 1. The molecule has 1 aromatic carbocycles. The zero-order valence-electron chi connectivity index (χ0n) is 12.9. The minimum Gasteiger partial charge on any atom is -0.439 e. The van der Waals surface area contributed by atoms with Crippen molar-refractivity contribution in [2.24, 2.45) is 11.7 Å². The van der Waals surface area contributed by atoms with Crippen LogP contribution >= 0.6 is 0 Å². The number of nitrogens with one attached hydrogen (secondary N) is 1. The van der Waals surface area contributed by atoms with E-state index in [9.17, 15) is 4.79 Å². The molecule has 23 heavy (non-hydrogen) atoms. The number of hydrogen-bond donors (Lipinski definition) is 2. The molecular formula is C18H21N3O2. The number of aromatic nitrogens is 1. The molecule has 1 aromatic heterocycles. The minimum absolute atomic E-state index is 0.0192. The molecule has 1 aliphatic carbocycles. The van der Waals surface area contributed by atoms with E-state index in [1.54, 1.807) is 12.3 Å². The van der Waals surface area contributed by atoms with Crippen molar-refractivity contribution in [3.05, 3.63) is 48.7 Å². The Morgan fingerprint density at radius 2 is 2.04 bits per heavy atom. The number of carbonyl (C=O) groups is 1. The van der Waals surface area contributed by atoms with E-state index in [0.29, 0.717) is 24.0 Å². The van der Waals surface area contributed by atoms with Crippen LogP contribution in [0.25, 0.3) is 0 Å². The molecule has 5 heteroatoms. The Bertz CT molecular complexity index is 643. The third-order valence-electron chi connectivity index (χ3n) is 4.16. The summed E-state index contributed by atoms with van der Waals surface area (Å²) < 4.78 is 5.62. The summed E-state index contributed by atoms with van der Waals surface area (Å²) in [5, 5.41) is 2.91. The lowest BCUT2D eigenvalue weighted by Crippen LogP contribution is -2.28. The standard InChI is InChI=1S/C18H21N3O2/c19-16-5-3-4-13(16)12-17(22)21-14-7-9-15(10-8-14)23-18-6-1-2-11-20-18/h1-2,6-11,13,16H,3-5,12,19H2,(H,21,22)/t13-,16+/m0/s1. The fourth-order valence-electron chi connectivity index (χ4n) is 2.90. The Hall–Kier alpha value is -2.40. The lowest BCUT2D eigenvalue weighted by atomic mass is 10.00. The van der Waals surface area contributed by atoms with Crippen molar-refractivity contribution in [1.82, 2.24) is 4.98 Å². The van der Waals surface area contributed by atoms with Gasteiger partial charge in [0.05, 0.1) is 0 Å². The normalized spacial score (nSPS) is 20.2. The molecule has 1 amide bonds. The molecule has 0 bridgehead atoms. The van der Waals surface area contributed by atoms with Gasteiger partial charge in [-0.05, 0) is 49.1 Å². The molecule has 1 aliphatic rings. The largest absolute Gasteiger partial charge is 0.439 e. The molecule has 0 aliphatic heterocycles. The van der Waals surface area contributed by atoms with Crippen LogP contribution in [0, 0.1) is 5.92 Å². The van der Waals surface area contributed by atoms with Crippen molar-refractivity contribution in [2.45, 2.75) is 31.7 Å².